The van der Waals surface area contributed by atoms with E-state index in [0.717, 1.165) is 0 Å². The molecule has 1 rings (SSSR count). The molecule has 0 unspecified atom stereocenters. The van der Waals surface area contributed by atoms with E-state index < -0.39 is 0 Å². The minimum absolute atomic E-state index is 2.00. The fourth-order valence-electron chi connectivity index (χ4n) is 0.592. The number of nitrogens with zero attached hydrogens (tertiary/aromatic N) is 2. The maximum Gasteiger partial charge on any atom is 0.0260 e. The molecule has 0 saturated heterocycles. The maximum atomic E-state index is 2.00. The summed E-state index contributed by atoms with van der Waals surface area (Å²) < 4.78 is 2.00. The van der Waals surface area contributed by atoms with Gasteiger partial charge in [-0.2, -0.15) is 0 Å². The van der Waals surface area contributed by atoms with Crippen molar-refractivity contribution < 1.29 is 0 Å². The van der Waals surface area contributed by atoms with Crippen molar-refractivity contribution in [1.29, 1.82) is 0 Å². The van der Waals surface area contributed by atoms with Gasteiger partial charge in [0.15, 0.2) is 0 Å². The molecule has 0 N–H and O–H groups in total. The van der Waals surface area contributed by atoms with E-state index in [0.29, 0.717) is 0 Å². The van der Waals surface area contributed by atoms with Crippen LogP contribution in [0.15, 0.2) is 24.5 Å². The van der Waals surface area contributed by atoms with Gasteiger partial charge >= 0.3 is 0 Å². The summed E-state index contributed by atoms with van der Waals surface area (Å²) in [5.74, 6) is 0. The molecule has 0 aliphatic carbocycles. The van der Waals surface area contributed by atoms with Crippen LogP contribution in [0.25, 0.3) is 0 Å². The Hall–Kier alpha value is -0.920. The van der Waals surface area contributed by atoms with Crippen molar-refractivity contribution in [3.05, 3.63) is 24.5 Å². The van der Waals surface area contributed by atoms with E-state index >= 15 is 0 Å². The zero-order valence-electron chi connectivity index (χ0n) is 5.20. The van der Waals surface area contributed by atoms with Crippen molar-refractivity contribution in [2.45, 2.75) is 0 Å². The van der Waals surface area contributed by atoms with Gasteiger partial charge in [0.1, 0.15) is 0 Å². The van der Waals surface area contributed by atoms with Gasteiger partial charge in [-0.3, -0.25) is 4.68 Å². The van der Waals surface area contributed by atoms with Gasteiger partial charge in [-0.25, -0.2) is 0 Å². The van der Waals surface area contributed by atoms with Crippen LogP contribution in [-0.4, -0.2) is 18.8 Å². The molecule has 44 valence electrons. The molecule has 1 heterocycles. The third-order valence-electron chi connectivity index (χ3n) is 1.05. The average molecular weight is 110 g/mol. The number of rotatable bonds is 1. The Morgan fingerprint density at radius 2 is 1.62 bits per heavy atom. The first-order valence-electron chi connectivity index (χ1n) is 2.61. The first kappa shape index (κ1) is 5.22. The highest BCUT2D eigenvalue weighted by Crippen LogP contribution is 1.86. The quantitative estimate of drug-likeness (QED) is 0.516. The van der Waals surface area contributed by atoms with Crippen LogP contribution in [0.4, 0.5) is 0 Å². The van der Waals surface area contributed by atoms with Crippen LogP contribution < -0.4 is 5.01 Å². The molecule has 2 heteroatoms. The summed E-state index contributed by atoms with van der Waals surface area (Å²) in [5, 5.41) is 2.00. The van der Waals surface area contributed by atoms with E-state index in [1.807, 2.05) is 48.3 Å². The SMILES string of the molecule is CN(C)n1cccc1. The average Bonchev–Trinajstić information content (AvgIpc) is 2.12. The molecule has 1 aromatic heterocycles. The van der Waals surface area contributed by atoms with E-state index in [1.165, 1.54) is 0 Å². The number of hydrogen-bond acceptors (Lipinski definition) is 1. The number of aromatic nitrogens is 1. The summed E-state index contributed by atoms with van der Waals surface area (Å²) in [6, 6.07) is 4.00. The first-order chi connectivity index (χ1) is 3.80. The van der Waals surface area contributed by atoms with Gasteiger partial charge in [-0.1, -0.05) is 0 Å². The van der Waals surface area contributed by atoms with Gasteiger partial charge in [0.05, 0.1) is 0 Å². The number of hydrogen-bond donors (Lipinski definition) is 0. The Morgan fingerprint density at radius 3 is 1.88 bits per heavy atom. The second kappa shape index (κ2) is 1.90. The van der Waals surface area contributed by atoms with Gasteiger partial charge in [0, 0.05) is 26.5 Å². The molecule has 0 atom stereocenters. The Balaban J connectivity index is 2.77. The molecule has 0 aromatic carbocycles. The lowest BCUT2D eigenvalue weighted by atomic mass is 10.7. The molecule has 0 bridgehead atoms. The predicted octanol–water partition coefficient (Wildman–Crippen LogP) is 0.686. The van der Waals surface area contributed by atoms with Crippen LogP contribution in [0.2, 0.25) is 0 Å². The zero-order valence-corrected chi connectivity index (χ0v) is 5.20. The van der Waals surface area contributed by atoms with E-state index in [9.17, 15) is 0 Å². The monoisotopic (exact) mass is 110 g/mol. The van der Waals surface area contributed by atoms with Gasteiger partial charge < -0.3 is 5.01 Å². The Morgan fingerprint density at radius 1 is 1.12 bits per heavy atom. The van der Waals surface area contributed by atoms with Crippen LogP contribution in [0.1, 0.15) is 0 Å². The molecule has 0 fully saturated rings. The van der Waals surface area contributed by atoms with Crippen LogP contribution in [0.5, 0.6) is 0 Å². The molecular formula is C6H10N2. The summed E-state index contributed by atoms with van der Waals surface area (Å²) in [5.41, 5.74) is 0. The highest BCUT2D eigenvalue weighted by atomic mass is 15.5. The summed E-state index contributed by atoms with van der Waals surface area (Å²) in [6.07, 6.45) is 4.00. The van der Waals surface area contributed by atoms with Crippen molar-refractivity contribution >= 4 is 0 Å². The minimum atomic E-state index is 2.00. The third-order valence-corrected chi connectivity index (χ3v) is 1.05. The second-order valence-corrected chi connectivity index (χ2v) is 1.91. The highest BCUT2D eigenvalue weighted by molar-refractivity contribution is 4.93. The normalized spacial score (nSPS) is 9.25. The molecule has 0 radical (unpaired) electrons. The van der Waals surface area contributed by atoms with Crippen molar-refractivity contribution in [2.75, 3.05) is 19.1 Å². The smallest absolute Gasteiger partial charge is 0.0260 e. The second-order valence-electron chi connectivity index (χ2n) is 1.91. The predicted molar refractivity (Wildman–Crippen MR) is 34.5 cm³/mol. The Kier molecular flexibility index (Phi) is 1.24. The summed E-state index contributed by atoms with van der Waals surface area (Å²) in [7, 11) is 4.00. The Bertz CT molecular complexity index is 142. The molecule has 0 aliphatic heterocycles. The van der Waals surface area contributed by atoms with Crippen LogP contribution in [-0.2, 0) is 0 Å². The van der Waals surface area contributed by atoms with E-state index in [4.69, 9.17) is 0 Å². The van der Waals surface area contributed by atoms with Crippen LogP contribution in [0.3, 0.4) is 0 Å². The van der Waals surface area contributed by atoms with E-state index in [1.54, 1.807) is 0 Å². The molecule has 0 aliphatic rings. The van der Waals surface area contributed by atoms with E-state index in [-0.39, 0.29) is 0 Å². The lowest BCUT2D eigenvalue weighted by Gasteiger charge is -2.12. The standard InChI is InChI=1S/C6H10N2/c1-7(2)8-5-3-4-6-8/h3-6H,1-2H3. The summed E-state index contributed by atoms with van der Waals surface area (Å²) in [4.78, 5) is 0. The van der Waals surface area contributed by atoms with Crippen molar-refractivity contribution in [2.24, 2.45) is 0 Å². The van der Waals surface area contributed by atoms with Crippen molar-refractivity contribution in [3.63, 3.8) is 0 Å². The topological polar surface area (TPSA) is 8.17 Å². The molecular weight excluding hydrogens is 100 g/mol. The lowest BCUT2D eigenvalue weighted by molar-refractivity contribution is 0.737. The van der Waals surface area contributed by atoms with Crippen LogP contribution in [0, 0.1) is 0 Å². The molecule has 0 spiro atoms. The van der Waals surface area contributed by atoms with Crippen molar-refractivity contribution in [1.82, 2.24) is 4.68 Å². The fourth-order valence-corrected chi connectivity index (χ4v) is 0.592. The molecule has 2 nitrogen and oxygen atoms in total. The molecule has 0 saturated carbocycles. The summed E-state index contributed by atoms with van der Waals surface area (Å²) >= 11 is 0. The highest BCUT2D eigenvalue weighted by Gasteiger charge is 1.83. The van der Waals surface area contributed by atoms with E-state index in [2.05, 4.69) is 0 Å². The van der Waals surface area contributed by atoms with Gasteiger partial charge in [-0.05, 0) is 12.1 Å². The lowest BCUT2D eigenvalue weighted by Crippen LogP contribution is -2.22. The Labute approximate surface area is 49.3 Å². The third kappa shape index (κ3) is 0.832. The maximum absolute atomic E-state index is 2.00. The van der Waals surface area contributed by atoms with Gasteiger partial charge in [0.2, 0.25) is 0 Å². The van der Waals surface area contributed by atoms with Gasteiger partial charge in [-0.15, -0.1) is 0 Å². The summed E-state index contributed by atoms with van der Waals surface area (Å²) in [6.45, 7) is 0. The minimum Gasteiger partial charge on any atom is -0.319 e. The van der Waals surface area contributed by atoms with Gasteiger partial charge in [0.25, 0.3) is 0 Å². The molecule has 0 amide bonds. The fraction of sp³-hybridized carbons (Fsp3) is 0.333. The first-order valence-corrected chi connectivity index (χ1v) is 2.61. The molecule has 8 heavy (non-hydrogen) atoms. The molecule has 1 aromatic rings. The van der Waals surface area contributed by atoms with Crippen LogP contribution >= 0.6 is 0 Å². The zero-order chi connectivity index (χ0) is 5.98. The largest absolute Gasteiger partial charge is 0.319 e. The van der Waals surface area contributed by atoms with Crippen molar-refractivity contribution in [3.8, 4) is 0 Å².